The topological polar surface area (TPSA) is 59.0 Å². The number of rotatable bonds is 7. The molecule has 2 aliphatic heterocycles. The van der Waals surface area contributed by atoms with Crippen molar-refractivity contribution >= 4 is 6.09 Å². The number of carbonyl (C=O) groups excluding carboxylic acids is 1. The van der Waals surface area contributed by atoms with Crippen molar-refractivity contribution in [2.24, 2.45) is 5.92 Å². The maximum absolute atomic E-state index is 12.5. The zero-order valence-electron chi connectivity index (χ0n) is 15.9. The van der Waals surface area contributed by atoms with Gasteiger partial charge in [0.1, 0.15) is 0 Å². The Bertz CT molecular complexity index is 593. The third-order valence-corrected chi connectivity index (χ3v) is 6.24. The van der Waals surface area contributed by atoms with Gasteiger partial charge in [-0.2, -0.15) is 0 Å². The van der Waals surface area contributed by atoms with Gasteiger partial charge in [0, 0.05) is 12.0 Å². The Balaban J connectivity index is 1.82. The first-order valence-corrected chi connectivity index (χ1v) is 9.80. The summed E-state index contributed by atoms with van der Waals surface area (Å²) in [5, 5.41) is 10.3. The second kappa shape index (κ2) is 8.40. The number of unbranched alkanes of at least 4 members (excludes halogenated alkanes) is 1. The first-order valence-electron chi connectivity index (χ1n) is 9.80. The lowest BCUT2D eigenvalue weighted by Crippen LogP contribution is -2.63. The zero-order valence-corrected chi connectivity index (χ0v) is 15.9. The molecule has 5 heteroatoms. The van der Waals surface area contributed by atoms with Crippen molar-refractivity contribution in [1.29, 1.82) is 0 Å². The summed E-state index contributed by atoms with van der Waals surface area (Å²) >= 11 is 0. The van der Waals surface area contributed by atoms with Crippen LogP contribution in [0.2, 0.25) is 0 Å². The second-order valence-corrected chi connectivity index (χ2v) is 7.60. The third kappa shape index (κ3) is 3.47. The number of hydrogen-bond acceptors (Lipinski definition) is 4. The Kier molecular flexibility index (Phi) is 6.20. The van der Waals surface area contributed by atoms with Gasteiger partial charge in [-0.1, -0.05) is 50.1 Å². The number of nitrogens with zero attached hydrogens (tertiary/aromatic N) is 1. The Hall–Kier alpha value is -1.59. The summed E-state index contributed by atoms with van der Waals surface area (Å²) in [5.41, 5.74) is 0.789. The number of piperidine rings is 1. The number of benzene rings is 1. The summed E-state index contributed by atoms with van der Waals surface area (Å²) in [6.45, 7) is 2.73. The van der Waals surface area contributed by atoms with Crippen LogP contribution in [0, 0.1) is 5.92 Å². The molecule has 5 nitrogen and oxygen atoms in total. The van der Waals surface area contributed by atoms with Crippen molar-refractivity contribution in [3.8, 4) is 0 Å². The summed E-state index contributed by atoms with van der Waals surface area (Å²) in [4.78, 5) is 14.5. The molecular weight excluding hydrogens is 330 g/mol. The van der Waals surface area contributed by atoms with Crippen molar-refractivity contribution in [1.82, 2.24) is 4.90 Å². The molecule has 2 saturated heterocycles. The molecule has 26 heavy (non-hydrogen) atoms. The molecular formula is C21H31NO4. The largest absolute Gasteiger partial charge is 0.453 e. The number of fused-ring (bicyclic) bond motifs is 2. The third-order valence-electron chi connectivity index (χ3n) is 6.24. The van der Waals surface area contributed by atoms with E-state index in [1.807, 2.05) is 23.1 Å². The molecule has 4 atom stereocenters. The quantitative estimate of drug-likeness (QED) is 0.804. The highest BCUT2D eigenvalue weighted by Crippen LogP contribution is 2.51. The monoisotopic (exact) mass is 361 g/mol. The van der Waals surface area contributed by atoms with Crippen molar-refractivity contribution in [2.75, 3.05) is 13.7 Å². The molecule has 2 aliphatic rings. The summed E-state index contributed by atoms with van der Waals surface area (Å²) < 4.78 is 11.4. The second-order valence-electron chi connectivity index (χ2n) is 7.60. The van der Waals surface area contributed by atoms with E-state index in [2.05, 4.69) is 19.1 Å². The lowest BCUT2D eigenvalue weighted by atomic mass is 9.73. The van der Waals surface area contributed by atoms with E-state index in [1.165, 1.54) is 7.11 Å². The first kappa shape index (κ1) is 19.2. The van der Waals surface area contributed by atoms with Gasteiger partial charge in [0.2, 0.25) is 0 Å². The van der Waals surface area contributed by atoms with Gasteiger partial charge in [0.05, 0.1) is 32.0 Å². The van der Waals surface area contributed by atoms with E-state index in [0.717, 1.165) is 44.1 Å². The molecule has 0 aromatic heterocycles. The maximum Gasteiger partial charge on any atom is 0.410 e. The van der Waals surface area contributed by atoms with Crippen LogP contribution < -0.4 is 0 Å². The van der Waals surface area contributed by atoms with E-state index in [9.17, 15) is 9.90 Å². The molecule has 0 saturated carbocycles. The van der Waals surface area contributed by atoms with Crippen LogP contribution in [0.5, 0.6) is 0 Å². The van der Waals surface area contributed by atoms with Crippen LogP contribution in [0.1, 0.15) is 51.0 Å². The van der Waals surface area contributed by atoms with Crippen LogP contribution in [-0.4, -0.2) is 47.5 Å². The molecule has 1 aromatic carbocycles. The number of hydrogen-bond donors (Lipinski definition) is 1. The summed E-state index contributed by atoms with van der Waals surface area (Å²) in [6, 6.07) is 10.3. The van der Waals surface area contributed by atoms with Gasteiger partial charge in [0.25, 0.3) is 0 Å². The number of ether oxygens (including phenoxy) is 2. The van der Waals surface area contributed by atoms with E-state index < -0.39 is 0 Å². The van der Waals surface area contributed by atoms with Crippen molar-refractivity contribution in [3.05, 3.63) is 35.9 Å². The molecule has 1 amide bonds. The highest BCUT2D eigenvalue weighted by Gasteiger charge is 2.59. The van der Waals surface area contributed by atoms with Gasteiger partial charge < -0.3 is 14.6 Å². The number of methoxy groups -OCH3 is 1. The molecule has 1 aromatic rings. The van der Waals surface area contributed by atoms with E-state index in [4.69, 9.17) is 9.47 Å². The maximum atomic E-state index is 12.5. The van der Waals surface area contributed by atoms with Gasteiger partial charge in [0.15, 0.2) is 0 Å². The smallest absolute Gasteiger partial charge is 0.410 e. The molecule has 0 aliphatic carbocycles. The fourth-order valence-electron chi connectivity index (χ4n) is 4.99. The molecule has 3 rings (SSSR count). The molecule has 0 spiro atoms. The summed E-state index contributed by atoms with van der Waals surface area (Å²) in [5.74, 6) is -0.0735. The predicted molar refractivity (Wildman–Crippen MR) is 99.7 cm³/mol. The van der Waals surface area contributed by atoms with E-state index in [-0.39, 0.29) is 36.3 Å². The Morgan fingerprint density at radius 3 is 2.77 bits per heavy atom. The molecule has 2 heterocycles. The van der Waals surface area contributed by atoms with Gasteiger partial charge >= 0.3 is 6.09 Å². The number of amides is 1. The molecule has 0 unspecified atom stereocenters. The normalized spacial score (nSPS) is 30.4. The average molecular weight is 361 g/mol. The minimum Gasteiger partial charge on any atom is -0.453 e. The summed E-state index contributed by atoms with van der Waals surface area (Å²) in [6.07, 6.45) is 5.34. The number of aliphatic hydroxyl groups excluding tert-OH is 1. The van der Waals surface area contributed by atoms with Crippen LogP contribution >= 0.6 is 0 Å². The Labute approximate surface area is 156 Å². The lowest BCUT2D eigenvalue weighted by molar-refractivity contribution is -0.117. The van der Waals surface area contributed by atoms with Crippen LogP contribution in [0.3, 0.4) is 0 Å². The van der Waals surface area contributed by atoms with E-state index in [1.54, 1.807) is 0 Å². The highest BCUT2D eigenvalue weighted by molar-refractivity contribution is 5.70. The van der Waals surface area contributed by atoms with Crippen molar-refractivity contribution in [2.45, 2.75) is 69.7 Å². The van der Waals surface area contributed by atoms with Gasteiger partial charge in [-0.3, -0.25) is 4.90 Å². The fourth-order valence-corrected chi connectivity index (χ4v) is 4.99. The molecule has 1 N–H and O–H groups in total. The standard InChI is InChI=1S/C21H31NO4/c1-3-4-11-21-12-10-17(22(21)20(24)25-2)13-19(18(21)14-23)26-15-16-8-6-5-7-9-16/h5-9,17-19,23H,3-4,10-15H2,1-2H3/t17-,18-,19+,21+/m0/s1. The fraction of sp³-hybridized carbons (Fsp3) is 0.667. The Morgan fingerprint density at radius 2 is 2.12 bits per heavy atom. The van der Waals surface area contributed by atoms with E-state index >= 15 is 0 Å². The lowest BCUT2D eigenvalue weighted by Gasteiger charge is -2.52. The van der Waals surface area contributed by atoms with Crippen LogP contribution in [0.25, 0.3) is 0 Å². The molecule has 144 valence electrons. The highest BCUT2D eigenvalue weighted by atomic mass is 16.5. The predicted octanol–water partition coefficient (Wildman–Crippen LogP) is 3.74. The SMILES string of the molecule is CCCC[C@@]12CC[C@@H](C[C@@H](OCc3ccccc3)[C@@H]1CO)N2C(=O)OC. The number of carbonyl (C=O) groups is 1. The van der Waals surface area contributed by atoms with Crippen molar-refractivity contribution < 1.29 is 19.4 Å². The van der Waals surface area contributed by atoms with Crippen LogP contribution in [0.4, 0.5) is 4.79 Å². The van der Waals surface area contributed by atoms with Gasteiger partial charge in [-0.25, -0.2) is 4.79 Å². The van der Waals surface area contributed by atoms with Crippen LogP contribution in [0.15, 0.2) is 30.3 Å². The van der Waals surface area contributed by atoms with Gasteiger partial charge in [-0.15, -0.1) is 0 Å². The molecule has 2 fully saturated rings. The van der Waals surface area contributed by atoms with Gasteiger partial charge in [-0.05, 0) is 31.2 Å². The molecule has 0 radical (unpaired) electrons. The number of aliphatic hydroxyl groups is 1. The Morgan fingerprint density at radius 1 is 1.35 bits per heavy atom. The summed E-state index contributed by atoms with van der Waals surface area (Å²) in [7, 11) is 1.45. The zero-order chi connectivity index (χ0) is 18.6. The minimum absolute atomic E-state index is 0.0311. The molecule has 2 bridgehead atoms. The first-order chi connectivity index (χ1) is 12.7. The minimum atomic E-state index is -0.345. The van der Waals surface area contributed by atoms with E-state index in [0.29, 0.717) is 6.61 Å². The average Bonchev–Trinajstić information content (AvgIpc) is 2.96. The van der Waals surface area contributed by atoms with Crippen molar-refractivity contribution in [3.63, 3.8) is 0 Å². The van der Waals surface area contributed by atoms with Crippen LogP contribution in [-0.2, 0) is 16.1 Å².